The highest BCUT2D eigenvalue weighted by Gasteiger charge is 2.34. The van der Waals surface area contributed by atoms with E-state index in [1.807, 2.05) is 48.5 Å². The van der Waals surface area contributed by atoms with Crippen molar-refractivity contribution in [3.05, 3.63) is 83.4 Å². The van der Waals surface area contributed by atoms with Crippen LogP contribution >= 0.6 is 0 Å². The van der Waals surface area contributed by atoms with Gasteiger partial charge >= 0.3 is 6.09 Å². The molecule has 8 nitrogen and oxygen atoms in total. The Labute approximate surface area is 206 Å². The largest absolute Gasteiger partial charge is 0.445 e. The molecule has 188 valence electrons. The zero-order valence-electron chi connectivity index (χ0n) is 19.8. The van der Waals surface area contributed by atoms with E-state index in [1.165, 1.54) is 6.08 Å². The SMILES string of the molecule is C=CCOC(=O)NCc1ccc([C@H]2O[C@@H](CN3CC[C@H](O)C3)C[C@@H](c3ccc(CO)cc3)O2)cc1. The summed E-state index contributed by atoms with van der Waals surface area (Å²) in [7, 11) is 0. The van der Waals surface area contributed by atoms with Crippen molar-refractivity contribution in [3.63, 3.8) is 0 Å². The number of alkyl carbamates (subject to hydrolysis) is 1. The second kappa shape index (κ2) is 12.3. The van der Waals surface area contributed by atoms with Crippen LogP contribution in [0.3, 0.4) is 0 Å². The van der Waals surface area contributed by atoms with Crippen LogP contribution in [0.25, 0.3) is 0 Å². The minimum atomic E-state index is -0.539. The van der Waals surface area contributed by atoms with E-state index in [4.69, 9.17) is 14.2 Å². The molecular weight excluding hydrogens is 448 g/mol. The molecule has 3 N–H and O–H groups in total. The predicted molar refractivity (Wildman–Crippen MR) is 130 cm³/mol. The number of rotatable bonds is 9. The first-order valence-corrected chi connectivity index (χ1v) is 12.1. The van der Waals surface area contributed by atoms with Gasteiger partial charge in [0.05, 0.1) is 24.9 Å². The lowest BCUT2D eigenvalue weighted by atomic mass is 9.99. The Kier molecular flexibility index (Phi) is 8.90. The number of ether oxygens (including phenoxy) is 3. The van der Waals surface area contributed by atoms with E-state index in [0.717, 1.165) is 41.8 Å². The van der Waals surface area contributed by atoms with Gasteiger partial charge in [-0.2, -0.15) is 0 Å². The lowest BCUT2D eigenvalue weighted by Gasteiger charge is -2.37. The maximum atomic E-state index is 11.6. The molecule has 0 unspecified atom stereocenters. The standard InChI is InChI=1S/C27H34N2O6/c1-2-13-33-27(32)28-15-19-3-9-22(10-4-19)26-34-24(17-29-12-11-23(31)16-29)14-25(35-26)21-7-5-20(18-30)6-8-21/h2-10,23-26,30-31H,1,11-18H2,(H,28,32)/t23-,24+,25-,26-/m0/s1. The van der Waals surface area contributed by atoms with E-state index < -0.39 is 12.4 Å². The molecule has 2 aromatic carbocycles. The maximum Gasteiger partial charge on any atom is 0.407 e. The van der Waals surface area contributed by atoms with Crippen LogP contribution in [0, 0.1) is 0 Å². The Bertz CT molecular complexity index is 965. The van der Waals surface area contributed by atoms with Gasteiger partial charge in [-0.1, -0.05) is 61.2 Å². The third-order valence-electron chi connectivity index (χ3n) is 6.35. The summed E-state index contributed by atoms with van der Waals surface area (Å²) in [5.41, 5.74) is 3.73. The van der Waals surface area contributed by atoms with Crippen LogP contribution in [-0.4, -0.2) is 59.7 Å². The second-order valence-corrected chi connectivity index (χ2v) is 9.03. The molecule has 0 spiro atoms. The molecule has 2 saturated heterocycles. The fraction of sp³-hybridized carbons (Fsp3) is 0.444. The number of benzene rings is 2. The molecule has 2 fully saturated rings. The zero-order chi connectivity index (χ0) is 24.6. The van der Waals surface area contributed by atoms with Gasteiger partial charge in [-0.3, -0.25) is 4.90 Å². The van der Waals surface area contributed by atoms with Crippen molar-refractivity contribution in [2.45, 2.75) is 50.6 Å². The number of aliphatic hydroxyl groups excluding tert-OH is 2. The van der Waals surface area contributed by atoms with Gasteiger partial charge in [0.25, 0.3) is 0 Å². The number of carbonyl (C=O) groups is 1. The van der Waals surface area contributed by atoms with Gasteiger partial charge in [0, 0.05) is 38.2 Å². The zero-order valence-corrected chi connectivity index (χ0v) is 19.8. The summed E-state index contributed by atoms with van der Waals surface area (Å²) in [6.45, 7) is 6.30. The molecule has 0 aromatic heterocycles. The van der Waals surface area contributed by atoms with Crippen molar-refractivity contribution in [2.24, 2.45) is 0 Å². The van der Waals surface area contributed by atoms with E-state index in [9.17, 15) is 15.0 Å². The van der Waals surface area contributed by atoms with Crippen LogP contribution in [0.4, 0.5) is 4.79 Å². The monoisotopic (exact) mass is 482 g/mol. The number of hydrogen-bond acceptors (Lipinski definition) is 7. The summed E-state index contributed by atoms with van der Waals surface area (Å²) in [5.74, 6) is 0. The summed E-state index contributed by atoms with van der Waals surface area (Å²) in [6.07, 6.45) is 1.50. The molecule has 35 heavy (non-hydrogen) atoms. The highest BCUT2D eigenvalue weighted by Crippen LogP contribution is 2.38. The molecule has 2 aliphatic heterocycles. The molecule has 0 radical (unpaired) electrons. The number of hydrogen-bond donors (Lipinski definition) is 3. The van der Waals surface area contributed by atoms with Crippen molar-refractivity contribution in [2.75, 3.05) is 26.2 Å². The third-order valence-corrected chi connectivity index (χ3v) is 6.35. The predicted octanol–water partition coefficient (Wildman–Crippen LogP) is 3.20. The first-order chi connectivity index (χ1) is 17.0. The number of aliphatic hydroxyl groups is 2. The summed E-state index contributed by atoms with van der Waals surface area (Å²) < 4.78 is 17.7. The molecule has 0 saturated carbocycles. The number of β-amino-alcohol motifs (C(OH)–C–C–N with tert-alkyl or cyclic N) is 1. The summed E-state index contributed by atoms with van der Waals surface area (Å²) in [6, 6.07) is 15.6. The minimum Gasteiger partial charge on any atom is -0.445 e. The molecule has 4 rings (SSSR count). The Morgan fingerprint density at radius 2 is 1.83 bits per heavy atom. The molecule has 0 aliphatic carbocycles. The van der Waals surface area contributed by atoms with Crippen molar-refractivity contribution in [1.29, 1.82) is 0 Å². The second-order valence-electron chi connectivity index (χ2n) is 9.03. The van der Waals surface area contributed by atoms with Crippen molar-refractivity contribution in [1.82, 2.24) is 10.2 Å². The van der Waals surface area contributed by atoms with Gasteiger partial charge < -0.3 is 29.7 Å². The van der Waals surface area contributed by atoms with Gasteiger partial charge in [0.15, 0.2) is 6.29 Å². The molecule has 2 aliphatic rings. The van der Waals surface area contributed by atoms with E-state index in [2.05, 4.69) is 16.8 Å². The summed E-state index contributed by atoms with van der Waals surface area (Å²) >= 11 is 0. The lowest BCUT2D eigenvalue weighted by molar-refractivity contribution is -0.252. The Morgan fingerprint density at radius 1 is 1.11 bits per heavy atom. The van der Waals surface area contributed by atoms with Crippen LogP contribution in [0.5, 0.6) is 0 Å². The van der Waals surface area contributed by atoms with Crippen LogP contribution in [0.2, 0.25) is 0 Å². The summed E-state index contributed by atoms with van der Waals surface area (Å²) in [5, 5.41) is 22.0. The molecule has 8 heteroatoms. The number of amides is 1. The molecule has 0 bridgehead atoms. The first kappa shape index (κ1) is 25.3. The van der Waals surface area contributed by atoms with Gasteiger partial charge in [0.2, 0.25) is 0 Å². The average molecular weight is 483 g/mol. The highest BCUT2D eigenvalue weighted by molar-refractivity contribution is 5.67. The van der Waals surface area contributed by atoms with Gasteiger partial charge in [-0.05, 0) is 23.1 Å². The smallest absolute Gasteiger partial charge is 0.407 e. The summed E-state index contributed by atoms with van der Waals surface area (Å²) in [4.78, 5) is 13.9. The van der Waals surface area contributed by atoms with Gasteiger partial charge in [0.1, 0.15) is 6.61 Å². The maximum absolute atomic E-state index is 11.6. The van der Waals surface area contributed by atoms with Crippen LogP contribution in [0.15, 0.2) is 61.2 Å². The quantitative estimate of drug-likeness (QED) is 0.472. The van der Waals surface area contributed by atoms with E-state index in [0.29, 0.717) is 19.5 Å². The fourth-order valence-electron chi connectivity index (χ4n) is 4.45. The first-order valence-electron chi connectivity index (χ1n) is 12.1. The van der Waals surface area contributed by atoms with Crippen molar-refractivity contribution in [3.8, 4) is 0 Å². The van der Waals surface area contributed by atoms with E-state index in [1.54, 1.807) is 0 Å². The molecular formula is C27H34N2O6. The Balaban J connectivity index is 1.44. The number of carbonyl (C=O) groups excluding carboxylic acids is 1. The fourth-order valence-corrected chi connectivity index (χ4v) is 4.45. The molecule has 2 aromatic rings. The van der Waals surface area contributed by atoms with E-state index >= 15 is 0 Å². The van der Waals surface area contributed by atoms with E-state index in [-0.39, 0.29) is 31.5 Å². The van der Waals surface area contributed by atoms with Crippen LogP contribution in [0.1, 0.15) is 47.5 Å². The Morgan fingerprint density at radius 3 is 2.49 bits per heavy atom. The topological polar surface area (TPSA) is 100 Å². The Hall–Kier alpha value is -2.75. The van der Waals surface area contributed by atoms with Crippen LogP contribution in [-0.2, 0) is 27.4 Å². The molecule has 4 atom stereocenters. The minimum absolute atomic E-state index is 0.00460. The molecule has 2 heterocycles. The number of nitrogens with one attached hydrogen (secondary N) is 1. The third kappa shape index (κ3) is 7.13. The highest BCUT2D eigenvalue weighted by atomic mass is 16.7. The van der Waals surface area contributed by atoms with Gasteiger partial charge in [-0.25, -0.2) is 4.79 Å². The van der Waals surface area contributed by atoms with Crippen molar-refractivity contribution < 1.29 is 29.2 Å². The normalized spacial score (nSPS) is 24.7. The number of likely N-dealkylation sites (tertiary alicyclic amines) is 1. The molecule has 1 amide bonds. The van der Waals surface area contributed by atoms with Gasteiger partial charge in [-0.15, -0.1) is 0 Å². The average Bonchev–Trinajstić information content (AvgIpc) is 3.30. The van der Waals surface area contributed by atoms with Crippen LogP contribution < -0.4 is 5.32 Å². The van der Waals surface area contributed by atoms with Crippen molar-refractivity contribution >= 4 is 6.09 Å². The lowest BCUT2D eigenvalue weighted by Crippen LogP contribution is -2.38. The number of nitrogens with zero attached hydrogens (tertiary/aromatic N) is 1.